The molecule has 0 radical (unpaired) electrons. The molecule has 3 rings (SSSR count). The van der Waals surface area contributed by atoms with Crippen LogP contribution < -0.4 is 11.2 Å². The highest BCUT2D eigenvalue weighted by Gasteiger charge is 2.46. The molecule has 10 heteroatoms. The van der Waals surface area contributed by atoms with E-state index in [9.17, 15) is 9.18 Å². The van der Waals surface area contributed by atoms with Crippen molar-refractivity contribution in [3.63, 3.8) is 0 Å². The summed E-state index contributed by atoms with van der Waals surface area (Å²) in [7, 11) is 0. The highest BCUT2D eigenvalue weighted by atomic mass is 79.9. The minimum Gasteiger partial charge on any atom is -0.435 e. The summed E-state index contributed by atoms with van der Waals surface area (Å²) in [6.45, 7) is 4.28. The third kappa shape index (κ3) is 4.86. The lowest BCUT2D eigenvalue weighted by atomic mass is 9.82. The van der Waals surface area contributed by atoms with Crippen molar-refractivity contribution in [1.82, 2.24) is 10.3 Å². The van der Waals surface area contributed by atoms with Crippen LogP contribution in [-0.4, -0.2) is 48.0 Å². The number of benzene rings is 1. The topological polar surface area (TPSA) is 79.9 Å². The molecule has 0 aliphatic carbocycles. The number of amides is 1. The van der Waals surface area contributed by atoms with Gasteiger partial charge in [-0.15, -0.1) is 24.8 Å². The van der Waals surface area contributed by atoms with Gasteiger partial charge in [0.15, 0.2) is 5.60 Å². The number of ether oxygens (including phenoxy) is 1. The quantitative estimate of drug-likeness (QED) is 0.709. The molecule has 0 bridgehead atoms. The second-order valence-corrected chi connectivity index (χ2v) is 7.21. The van der Waals surface area contributed by atoms with E-state index >= 15 is 0 Å². The molecular weight excluding hydrogens is 450 g/mol. The van der Waals surface area contributed by atoms with E-state index < -0.39 is 11.7 Å². The molecule has 1 spiro atoms. The maximum Gasteiger partial charge on any atom is 0.428 e. The van der Waals surface area contributed by atoms with Crippen LogP contribution in [0, 0.1) is 5.82 Å². The molecular formula is C16H22BrCl2FN4O2. The van der Waals surface area contributed by atoms with Crippen LogP contribution in [0.5, 0.6) is 0 Å². The van der Waals surface area contributed by atoms with E-state index in [0.717, 1.165) is 25.2 Å². The number of nitrogens with two attached hydrogens (primary N) is 1. The van der Waals surface area contributed by atoms with Crippen molar-refractivity contribution in [1.29, 1.82) is 0 Å². The van der Waals surface area contributed by atoms with Gasteiger partial charge in [0.25, 0.3) is 0 Å². The van der Waals surface area contributed by atoms with Gasteiger partial charge in [-0.25, -0.2) is 14.6 Å². The van der Waals surface area contributed by atoms with Crippen molar-refractivity contribution in [2.45, 2.75) is 31.4 Å². The zero-order valence-electron chi connectivity index (χ0n) is 14.2. The first kappa shape index (κ1) is 23.1. The molecule has 0 saturated carbocycles. The fourth-order valence-electron chi connectivity index (χ4n) is 3.28. The Morgan fingerprint density at radius 1 is 1.42 bits per heavy atom. The zero-order valence-corrected chi connectivity index (χ0v) is 17.4. The maximum atomic E-state index is 13.4. The third-order valence-corrected chi connectivity index (χ3v) is 5.03. The summed E-state index contributed by atoms with van der Waals surface area (Å²) in [5, 5.41) is 4.23. The highest BCUT2D eigenvalue weighted by Crippen LogP contribution is 2.35. The molecule has 1 amide bonds. The number of halogens is 4. The van der Waals surface area contributed by atoms with Crippen molar-refractivity contribution >= 4 is 52.5 Å². The van der Waals surface area contributed by atoms with E-state index in [1.54, 1.807) is 6.07 Å². The molecule has 2 aliphatic heterocycles. The van der Waals surface area contributed by atoms with Gasteiger partial charge in [0.05, 0.1) is 0 Å². The van der Waals surface area contributed by atoms with Gasteiger partial charge in [0, 0.05) is 48.6 Å². The SMILES string of the molecule is C[C@H](N)CN1CCC2(CC1)OC(=O)NN=C2c1ccc(F)cc1Br.Cl.Cl. The monoisotopic (exact) mass is 470 g/mol. The Morgan fingerprint density at radius 2 is 2.08 bits per heavy atom. The van der Waals surface area contributed by atoms with E-state index in [4.69, 9.17) is 10.5 Å². The number of nitrogens with one attached hydrogen (secondary N) is 1. The van der Waals surface area contributed by atoms with Crippen molar-refractivity contribution in [3.8, 4) is 0 Å². The van der Waals surface area contributed by atoms with Gasteiger partial charge >= 0.3 is 6.09 Å². The van der Waals surface area contributed by atoms with Crippen molar-refractivity contribution < 1.29 is 13.9 Å². The number of nitrogens with zero attached hydrogens (tertiary/aromatic N) is 2. The van der Waals surface area contributed by atoms with Gasteiger partial charge < -0.3 is 15.4 Å². The molecule has 26 heavy (non-hydrogen) atoms. The predicted molar refractivity (Wildman–Crippen MR) is 107 cm³/mol. The number of hydrogen-bond acceptors (Lipinski definition) is 5. The molecule has 2 heterocycles. The third-order valence-electron chi connectivity index (χ3n) is 4.37. The Kier molecular flexibility index (Phi) is 8.29. The summed E-state index contributed by atoms with van der Waals surface area (Å²) in [6.07, 6.45) is 0.684. The van der Waals surface area contributed by atoms with Crippen LogP contribution in [0.25, 0.3) is 0 Å². The average Bonchev–Trinajstić information content (AvgIpc) is 2.51. The first-order valence-electron chi connectivity index (χ1n) is 7.90. The standard InChI is InChI=1S/C16H20BrFN4O2.2ClH/c1-10(19)9-22-6-4-16(5-7-22)14(20-21-15(23)24-16)12-3-2-11(18)8-13(12)17;;/h2-3,8,10H,4-7,9,19H2,1H3,(H,21,23);2*1H/t10-;;/m0../s1. The van der Waals surface area contributed by atoms with Crippen LogP contribution in [0.4, 0.5) is 9.18 Å². The molecule has 146 valence electrons. The van der Waals surface area contributed by atoms with Crippen molar-refractivity contribution in [2.75, 3.05) is 19.6 Å². The van der Waals surface area contributed by atoms with Crippen LogP contribution in [-0.2, 0) is 4.74 Å². The first-order chi connectivity index (χ1) is 11.4. The summed E-state index contributed by atoms with van der Waals surface area (Å²) in [5.41, 5.74) is 8.78. The molecule has 1 aromatic carbocycles. The number of carbonyl (C=O) groups excluding carboxylic acids is 1. The summed E-state index contributed by atoms with van der Waals surface area (Å²) < 4.78 is 19.6. The van der Waals surface area contributed by atoms with Gasteiger partial charge in [-0.3, -0.25) is 0 Å². The Bertz CT molecular complexity index is 682. The molecule has 3 N–H and O–H groups in total. The van der Waals surface area contributed by atoms with Crippen LogP contribution in [0.15, 0.2) is 27.8 Å². The summed E-state index contributed by atoms with van der Waals surface area (Å²) >= 11 is 3.38. The zero-order chi connectivity index (χ0) is 17.3. The van der Waals surface area contributed by atoms with Gasteiger partial charge in [-0.2, -0.15) is 5.10 Å². The fraction of sp³-hybridized carbons (Fsp3) is 0.500. The Hall–Kier alpha value is -0.930. The number of likely N-dealkylation sites (tertiary alicyclic amines) is 1. The molecule has 0 aromatic heterocycles. The molecule has 1 aromatic rings. The molecule has 0 unspecified atom stereocenters. The van der Waals surface area contributed by atoms with E-state index in [2.05, 4.69) is 31.4 Å². The lowest BCUT2D eigenvalue weighted by Gasteiger charge is -2.43. The highest BCUT2D eigenvalue weighted by molar-refractivity contribution is 9.10. The van der Waals surface area contributed by atoms with Gasteiger partial charge in [-0.1, -0.05) is 15.9 Å². The second-order valence-electron chi connectivity index (χ2n) is 6.36. The molecule has 2 aliphatic rings. The Morgan fingerprint density at radius 3 is 2.65 bits per heavy atom. The second kappa shape index (κ2) is 9.32. The molecule has 6 nitrogen and oxygen atoms in total. The summed E-state index contributed by atoms with van der Waals surface area (Å²) in [5.74, 6) is -0.340. The van der Waals surface area contributed by atoms with Crippen LogP contribution in [0.3, 0.4) is 0 Å². The smallest absolute Gasteiger partial charge is 0.428 e. The predicted octanol–water partition coefficient (Wildman–Crippen LogP) is 3.06. The maximum absolute atomic E-state index is 13.4. The number of piperidine rings is 1. The molecule has 1 atom stereocenters. The lowest BCUT2D eigenvalue weighted by molar-refractivity contribution is 0.00556. The van der Waals surface area contributed by atoms with Gasteiger partial charge in [-0.05, 0) is 25.1 Å². The first-order valence-corrected chi connectivity index (χ1v) is 8.69. The van der Waals surface area contributed by atoms with Crippen molar-refractivity contribution in [3.05, 3.63) is 34.1 Å². The number of hydrazone groups is 1. The fourth-order valence-corrected chi connectivity index (χ4v) is 3.82. The van der Waals surface area contributed by atoms with Gasteiger partial charge in [0.2, 0.25) is 0 Å². The molecule has 1 saturated heterocycles. The summed E-state index contributed by atoms with van der Waals surface area (Å²) in [6, 6.07) is 4.49. The lowest BCUT2D eigenvalue weighted by Crippen LogP contribution is -2.57. The number of rotatable bonds is 3. The van der Waals surface area contributed by atoms with E-state index in [-0.39, 0.29) is 36.7 Å². The average molecular weight is 472 g/mol. The Labute approximate surface area is 172 Å². The van der Waals surface area contributed by atoms with E-state index in [0.29, 0.717) is 23.0 Å². The normalized spacial score (nSPS) is 20.2. The Balaban J connectivity index is 0.00000169. The van der Waals surface area contributed by atoms with Crippen LogP contribution in [0.1, 0.15) is 25.3 Å². The minimum absolute atomic E-state index is 0. The number of hydrogen-bond donors (Lipinski definition) is 2. The van der Waals surface area contributed by atoms with Crippen LogP contribution >= 0.6 is 40.7 Å². The van der Waals surface area contributed by atoms with E-state index in [1.807, 2.05) is 6.92 Å². The van der Waals surface area contributed by atoms with Gasteiger partial charge in [0.1, 0.15) is 11.5 Å². The number of carbonyl (C=O) groups is 1. The minimum atomic E-state index is -0.795. The van der Waals surface area contributed by atoms with E-state index in [1.165, 1.54) is 12.1 Å². The largest absolute Gasteiger partial charge is 0.435 e. The molecule has 1 fully saturated rings. The van der Waals surface area contributed by atoms with Crippen molar-refractivity contribution in [2.24, 2.45) is 10.8 Å². The van der Waals surface area contributed by atoms with Crippen LogP contribution in [0.2, 0.25) is 0 Å². The summed E-state index contributed by atoms with van der Waals surface area (Å²) in [4.78, 5) is 14.0.